The predicted molar refractivity (Wildman–Crippen MR) is 93.5 cm³/mol. The number of anilines is 1. The van der Waals surface area contributed by atoms with Crippen molar-refractivity contribution in [2.75, 3.05) is 29.9 Å². The van der Waals surface area contributed by atoms with Crippen LogP contribution in [0, 0.1) is 0 Å². The molecule has 1 heterocycles. The molecule has 1 aromatic carbocycles. The van der Waals surface area contributed by atoms with E-state index >= 15 is 0 Å². The Hall–Kier alpha value is -1.58. The minimum Gasteiger partial charge on any atom is -0.481 e. The van der Waals surface area contributed by atoms with Crippen LogP contribution in [0.4, 0.5) is 5.69 Å². The minimum atomic E-state index is -3.28. The second-order valence-corrected chi connectivity index (χ2v) is 8.64. The lowest BCUT2D eigenvalue weighted by atomic mass is 10.2. The highest BCUT2D eigenvalue weighted by atomic mass is 32.2. The molecule has 0 saturated carbocycles. The molecule has 132 valence electrons. The molecule has 1 amide bonds. The number of carboxylic acid groups (broad SMARTS) is 1. The Morgan fingerprint density at radius 3 is 2.79 bits per heavy atom. The molecule has 1 aromatic rings. The summed E-state index contributed by atoms with van der Waals surface area (Å²) in [4.78, 5) is 22.5. The van der Waals surface area contributed by atoms with Gasteiger partial charge in [0.15, 0.2) is 0 Å². The van der Waals surface area contributed by atoms with Crippen molar-refractivity contribution >= 4 is 39.3 Å². The third kappa shape index (κ3) is 5.81. The summed E-state index contributed by atoms with van der Waals surface area (Å²) in [6.45, 7) is 0.218. The summed E-state index contributed by atoms with van der Waals surface area (Å²) in [6.07, 6.45) is 0.671. The number of rotatable bonds is 8. The van der Waals surface area contributed by atoms with Gasteiger partial charge in [-0.1, -0.05) is 12.1 Å². The molecule has 1 aliphatic rings. The van der Waals surface area contributed by atoms with E-state index in [0.717, 1.165) is 5.56 Å². The topological polar surface area (TPSA) is 104 Å². The summed E-state index contributed by atoms with van der Waals surface area (Å²) in [6, 6.07) is 7.25. The van der Waals surface area contributed by atoms with Gasteiger partial charge in [-0.2, -0.15) is 16.1 Å². The highest BCUT2D eigenvalue weighted by molar-refractivity contribution is 7.98. The summed E-state index contributed by atoms with van der Waals surface area (Å²) >= 11 is 1.51. The van der Waals surface area contributed by atoms with E-state index in [0.29, 0.717) is 30.2 Å². The number of carboxylic acids is 1. The number of carbonyl (C=O) groups excluding carboxylic acids is 1. The number of nitrogens with one attached hydrogen (secondary N) is 1. The van der Waals surface area contributed by atoms with Gasteiger partial charge in [0.05, 0.1) is 18.7 Å². The van der Waals surface area contributed by atoms with E-state index in [-0.39, 0.29) is 24.6 Å². The van der Waals surface area contributed by atoms with Crippen molar-refractivity contribution in [3.05, 3.63) is 29.8 Å². The van der Waals surface area contributed by atoms with Crippen LogP contribution in [-0.4, -0.2) is 54.3 Å². The van der Waals surface area contributed by atoms with E-state index in [9.17, 15) is 18.0 Å². The van der Waals surface area contributed by atoms with Crippen LogP contribution in [0.3, 0.4) is 0 Å². The van der Waals surface area contributed by atoms with Crippen molar-refractivity contribution in [1.29, 1.82) is 0 Å². The molecule has 7 nitrogen and oxygen atoms in total. The molecule has 1 aliphatic heterocycles. The monoisotopic (exact) mass is 372 g/mol. The summed E-state index contributed by atoms with van der Waals surface area (Å²) in [5, 5.41) is 11.3. The van der Waals surface area contributed by atoms with Gasteiger partial charge in [-0.15, -0.1) is 0 Å². The number of aliphatic carboxylic acids is 1. The first-order chi connectivity index (χ1) is 11.4. The van der Waals surface area contributed by atoms with Gasteiger partial charge in [-0.05, 0) is 24.1 Å². The summed E-state index contributed by atoms with van der Waals surface area (Å²) in [5.41, 5.74) is 1.57. The van der Waals surface area contributed by atoms with E-state index < -0.39 is 16.0 Å². The van der Waals surface area contributed by atoms with Gasteiger partial charge in [0.25, 0.3) is 0 Å². The lowest BCUT2D eigenvalue weighted by molar-refractivity contribution is -0.136. The van der Waals surface area contributed by atoms with E-state index in [1.165, 1.54) is 16.1 Å². The molecule has 0 aliphatic carbocycles. The third-order valence-electron chi connectivity index (χ3n) is 3.46. The molecular formula is C15H20N2O5S2. The summed E-state index contributed by atoms with van der Waals surface area (Å²) in [7, 11) is -3.28. The van der Waals surface area contributed by atoms with E-state index in [4.69, 9.17) is 5.11 Å². The molecule has 0 radical (unpaired) electrons. The van der Waals surface area contributed by atoms with Gasteiger partial charge in [0.2, 0.25) is 15.9 Å². The molecule has 2 rings (SSSR count). The first-order valence-corrected chi connectivity index (χ1v) is 10.3. The number of hydrogen-bond acceptors (Lipinski definition) is 5. The van der Waals surface area contributed by atoms with Crippen molar-refractivity contribution in [1.82, 2.24) is 4.31 Å². The molecule has 0 bridgehead atoms. The van der Waals surface area contributed by atoms with Gasteiger partial charge in [-0.3, -0.25) is 9.59 Å². The molecule has 0 aromatic heterocycles. The number of thioether (sulfide) groups is 1. The van der Waals surface area contributed by atoms with E-state index in [1.54, 1.807) is 12.1 Å². The van der Waals surface area contributed by atoms with Crippen LogP contribution >= 0.6 is 11.8 Å². The molecule has 24 heavy (non-hydrogen) atoms. The molecule has 9 heteroatoms. The first kappa shape index (κ1) is 18.8. The third-order valence-corrected chi connectivity index (χ3v) is 6.40. The molecular weight excluding hydrogens is 352 g/mol. The Labute approximate surface area is 145 Å². The normalized spacial score (nSPS) is 16.8. The maximum atomic E-state index is 12.0. The Morgan fingerprint density at radius 1 is 1.33 bits per heavy atom. The molecule has 0 unspecified atom stereocenters. The van der Waals surface area contributed by atoms with Crippen molar-refractivity contribution in [2.24, 2.45) is 0 Å². The van der Waals surface area contributed by atoms with Crippen LogP contribution in [0.25, 0.3) is 0 Å². The maximum Gasteiger partial charge on any atom is 0.304 e. The van der Waals surface area contributed by atoms with Crippen LogP contribution < -0.4 is 5.32 Å². The van der Waals surface area contributed by atoms with Crippen LogP contribution in [-0.2, 0) is 25.4 Å². The zero-order valence-corrected chi connectivity index (χ0v) is 14.7. The molecule has 0 atom stereocenters. The van der Waals surface area contributed by atoms with Gasteiger partial charge in [0.1, 0.15) is 0 Å². The Kier molecular flexibility index (Phi) is 6.64. The standard InChI is InChI=1S/C15H20N2O5S2/c18-14(10-17-6-2-8-24(17,21)22)16-13-4-1-3-12(9-13)11-23-7-5-15(19)20/h1,3-4,9H,2,5-8,10-11H2,(H,16,18)(H,19,20). The largest absolute Gasteiger partial charge is 0.481 e. The predicted octanol–water partition coefficient (Wildman–Crippen LogP) is 1.37. The maximum absolute atomic E-state index is 12.0. The average Bonchev–Trinajstić information content (AvgIpc) is 2.82. The zero-order chi connectivity index (χ0) is 17.6. The van der Waals surface area contributed by atoms with Crippen LogP contribution in [0.5, 0.6) is 0 Å². The number of sulfonamides is 1. The number of nitrogens with zero attached hydrogens (tertiary/aromatic N) is 1. The van der Waals surface area contributed by atoms with Crippen molar-refractivity contribution in [3.63, 3.8) is 0 Å². The van der Waals surface area contributed by atoms with Gasteiger partial charge >= 0.3 is 5.97 Å². The quantitative estimate of drug-likeness (QED) is 0.668. The zero-order valence-electron chi connectivity index (χ0n) is 13.1. The fourth-order valence-corrected chi connectivity index (χ4v) is 4.67. The summed E-state index contributed by atoms with van der Waals surface area (Å²) < 4.78 is 24.6. The molecule has 1 fully saturated rings. The van der Waals surface area contributed by atoms with Crippen molar-refractivity contribution in [2.45, 2.75) is 18.6 Å². The smallest absolute Gasteiger partial charge is 0.304 e. The Balaban J connectivity index is 1.85. The highest BCUT2D eigenvalue weighted by Gasteiger charge is 2.29. The minimum absolute atomic E-state index is 0.101. The van der Waals surface area contributed by atoms with Gasteiger partial charge in [-0.25, -0.2) is 8.42 Å². The second-order valence-electron chi connectivity index (χ2n) is 5.45. The van der Waals surface area contributed by atoms with E-state index in [1.807, 2.05) is 12.1 Å². The Bertz CT molecular complexity index is 706. The SMILES string of the molecule is O=C(O)CCSCc1cccc(NC(=O)CN2CCCS2(=O)=O)c1. The lowest BCUT2D eigenvalue weighted by Gasteiger charge is -2.14. The fourth-order valence-electron chi connectivity index (χ4n) is 2.32. The number of carbonyl (C=O) groups is 2. The van der Waals surface area contributed by atoms with Crippen LogP contribution in [0.15, 0.2) is 24.3 Å². The van der Waals surface area contributed by atoms with Crippen molar-refractivity contribution < 1.29 is 23.1 Å². The van der Waals surface area contributed by atoms with Gasteiger partial charge < -0.3 is 10.4 Å². The van der Waals surface area contributed by atoms with Crippen molar-refractivity contribution in [3.8, 4) is 0 Å². The molecule has 0 spiro atoms. The highest BCUT2D eigenvalue weighted by Crippen LogP contribution is 2.18. The molecule has 2 N–H and O–H groups in total. The number of hydrogen-bond donors (Lipinski definition) is 2. The average molecular weight is 372 g/mol. The van der Waals surface area contributed by atoms with Gasteiger partial charge in [0, 0.05) is 23.7 Å². The number of benzene rings is 1. The Morgan fingerprint density at radius 2 is 2.12 bits per heavy atom. The molecule has 1 saturated heterocycles. The number of amides is 1. The summed E-state index contributed by atoms with van der Waals surface area (Å²) in [5.74, 6) is 0.0936. The van der Waals surface area contributed by atoms with Crippen LogP contribution in [0.2, 0.25) is 0 Å². The first-order valence-electron chi connectivity index (χ1n) is 7.53. The lowest BCUT2D eigenvalue weighted by Crippen LogP contribution is -2.34. The van der Waals surface area contributed by atoms with Crippen LogP contribution in [0.1, 0.15) is 18.4 Å². The second kappa shape index (κ2) is 8.50. The fraction of sp³-hybridized carbons (Fsp3) is 0.467. The van der Waals surface area contributed by atoms with E-state index in [2.05, 4.69) is 5.32 Å².